The van der Waals surface area contributed by atoms with E-state index in [-0.39, 0.29) is 5.56 Å². The number of H-pyrrole nitrogens is 1. The van der Waals surface area contributed by atoms with Crippen molar-refractivity contribution in [3.63, 3.8) is 0 Å². The third kappa shape index (κ3) is 2.50. The Kier molecular flexibility index (Phi) is 3.60. The largest absolute Gasteiger partial charge is 0.320 e. The van der Waals surface area contributed by atoms with E-state index in [1.165, 1.54) is 6.20 Å². The van der Waals surface area contributed by atoms with E-state index in [0.29, 0.717) is 11.3 Å². The van der Waals surface area contributed by atoms with Crippen LogP contribution in [0.5, 0.6) is 0 Å². The van der Waals surface area contributed by atoms with E-state index in [2.05, 4.69) is 36.3 Å². The molecule has 0 saturated heterocycles. The maximum atomic E-state index is 12.0. The van der Waals surface area contributed by atoms with Crippen LogP contribution < -0.4 is 16.1 Å². The third-order valence-corrected chi connectivity index (χ3v) is 3.40. The number of allylic oxidation sites excluding steroid dienone is 2. The predicted molar refractivity (Wildman–Crippen MR) is 76.8 cm³/mol. The molecule has 0 saturated carbocycles. The summed E-state index contributed by atoms with van der Waals surface area (Å²) in [7, 11) is 0. The quantitative estimate of drug-likeness (QED) is 0.783. The van der Waals surface area contributed by atoms with Crippen LogP contribution in [0.2, 0.25) is 0 Å². The average Bonchev–Trinajstić information content (AvgIpc) is 2.35. The summed E-state index contributed by atoms with van der Waals surface area (Å²) in [5.74, 6) is 0.713. The summed E-state index contributed by atoms with van der Waals surface area (Å²) in [5, 5.41) is 1.40. The molecule has 0 aromatic carbocycles. The average molecular weight is 242 g/mol. The summed E-state index contributed by atoms with van der Waals surface area (Å²) in [6, 6.07) is 1.84. The van der Waals surface area contributed by atoms with Crippen LogP contribution in [0.4, 0.5) is 0 Å². The van der Waals surface area contributed by atoms with Gasteiger partial charge in [0, 0.05) is 5.56 Å². The molecular formula is C15H18N2O. The van der Waals surface area contributed by atoms with Gasteiger partial charge < -0.3 is 4.98 Å². The third-order valence-electron chi connectivity index (χ3n) is 3.40. The maximum absolute atomic E-state index is 12.0. The SMILES string of the molecule is C=N/C=c1/[nH]c(=O)c(C2=CCC(C)CC2)cc1=C. The molecule has 94 valence electrons. The lowest BCUT2D eigenvalue weighted by Crippen LogP contribution is -2.35. The van der Waals surface area contributed by atoms with Crippen LogP contribution in [-0.4, -0.2) is 11.7 Å². The van der Waals surface area contributed by atoms with E-state index in [4.69, 9.17) is 0 Å². The number of rotatable bonds is 2. The zero-order valence-corrected chi connectivity index (χ0v) is 10.7. The molecule has 3 heteroatoms. The number of aromatic amines is 1. The number of nitrogens with one attached hydrogen (secondary N) is 1. The van der Waals surface area contributed by atoms with Gasteiger partial charge in [0.25, 0.3) is 5.56 Å². The van der Waals surface area contributed by atoms with E-state index in [1.807, 2.05) is 6.07 Å². The van der Waals surface area contributed by atoms with E-state index in [9.17, 15) is 4.79 Å². The number of aromatic nitrogens is 1. The van der Waals surface area contributed by atoms with Gasteiger partial charge in [0.2, 0.25) is 0 Å². The number of hydrogen-bond acceptors (Lipinski definition) is 2. The topological polar surface area (TPSA) is 45.2 Å². The second-order valence-corrected chi connectivity index (χ2v) is 4.87. The second kappa shape index (κ2) is 5.17. The van der Waals surface area contributed by atoms with Crippen molar-refractivity contribution in [2.24, 2.45) is 10.9 Å². The number of nitrogens with zero attached hydrogens (tertiary/aromatic N) is 1. The summed E-state index contributed by atoms with van der Waals surface area (Å²) in [5.41, 5.74) is 1.81. The highest BCUT2D eigenvalue weighted by Crippen LogP contribution is 2.27. The zero-order valence-electron chi connectivity index (χ0n) is 10.7. The lowest BCUT2D eigenvalue weighted by atomic mass is 9.88. The van der Waals surface area contributed by atoms with Gasteiger partial charge in [0.15, 0.2) is 0 Å². The Morgan fingerprint density at radius 2 is 2.33 bits per heavy atom. The van der Waals surface area contributed by atoms with Crippen LogP contribution >= 0.6 is 0 Å². The first-order chi connectivity index (χ1) is 8.61. The molecule has 1 aromatic heterocycles. The summed E-state index contributed by atoms with van der Waals surface area (Å²) >= 11 is 0. The molecule has 1 unspecified atom stereocenters. The molecular weight excluding hydrogens is 224 g/mol. The minimum absolute atomic E-state index is 0.0712. The first kappa shape index (κ1) is 12.6. The molecule has 0 amide bonds. The first-order valence-corrected chi connectivity index (χ1v) is 6.19. The zero-order chi connectivity index (χ0) is 13.1. The minimum atomic E-state index is -0.0712. The van der Waals surface area contributed by atoms with Gasteiger partial charge in [0.1, 0.15) is 0 Å². The molecule has 1 N–H and O–H groups in total. The summed E-state index contributed by atoms with van der Waals surface area (Å²) in [6.07, 6.45) is 6.84. The standard InChI is InChI=1S/C15H18N2O/c1-10-4-6-12(7-5-10)13-8-11(2)14(9-16-3)17-15(13)18/h6,8-10H,2-5,7H2,1H3,(H,17,18)/b14-9+. The van der Waals surface area contributed by atoms with E-state index >= 15 is 0 Å². The molecule has 18 heavy (non-hydrogen) atoms. The van der Waals surface area contributed by atoms with Gasteiger partial charge in [-0.25, -0.2) is 0 Å². The maximum Gasteiger partial charge on any atom is 0.256 e. The van der Waals surface area contributed by atoms with E-state index in [0.717, 1.165) is 35.6 Å². The first-order valence-electron chi connectivity index (χ1n) is 6.19. The molecule has 2 rings (SSSR count). The molecule has 3 nitrogen and oxygen atoms in total. The van der Waals surface area contributed by atoms with Gasteiger partial charge >= 0.3 is 0 Å². The molecule has 0 aliphatic heterocycles. The second-order valence-electron chi connectivity index (χ2n) is 4.87. The Labute approximate surface area is 106 Å². The van der Waals surface area contributed by atoms with Crippen molar-refractivity contribution in [1.82, 2.24) is 4.98 Å². The van der Waals surface area contributed by atoms with E-state index in [1.54, 1.807) is 0 Å². The molecule has 0 bridgehead atoms. The fourth-order valence-corrected chi connectivity index (χ4v) is 2.24. The van der Waals surface area contributed by atoms with Crippen molar-refractivity contribution in [3.8, 4) is 0 Å². The van der Waals surface area contributed by atoms with Gasteiger partial charge in [-0.2, -0.15) is 0 Å². The van der Waals surface area contributed by atoms with Crippen molar-refractivity contribution in [2.75, 3.05) is 0 Å². The fraction of sp³-hybridized carbons (Fsp3) is 0.333. The molecule has 0 spiro atoms. The molecule has 0 radical (unpaired) electrons. The van der Waals surface area contributed by atoms with Gasteiger partial charge in [-0.3, -0.25) is 9.79 Å². The summed E-state index contributed by atoms with van der Waals surface area (Å²) < 4.78 is 0. The van der Waals surface area contributed by atoms with Crippen molar-refractivity contribution in [2.45, 2.75) is 26.2 Å². The van der Waals surface area contributed by atoms with Crippen molar-refractivity contribution in [1.29, 1.82) is 0 Å². The minimum Gasteiger partial charge on any atom is -0.320 e. The molecule has 1 aromatic rings. The van der Waals surface area contributed by atoms with Crippen LogP contribution in [0.1, 0.15) is 31.7 Å². The predicted octanol–water partition coefficient (Wildman–Crippen LogP) is 1.43. The molecule has 1 aliphatic rings. The Morgan fingerprint density at radius 3 is 2.94 bits per heavy atom. The van der Waals surface area contributed by atoms with Crippen LogP contribution in [0.25, 0.3) is 18.4 Å². The van der Waals surface area contributed by atoms with Crippen LogP contribution in [0, 0.1) is 5.92 Å². The van der Waals surface area contributed by atoms with Crippen molar-refractivity contribution in [3.05, 3.63) is 38.6 Å². The highest BCUT2D eigenvalue weighted by Gasteiger charge is 2.13. The van der Waals surface area contributed by atoms with Gasteiger partial charge in [-0.15, -0.1) is 0 Å². The molecule has 1 aliphatic carbocycles. The smallest absolute Gasteiger partial charge is 0.256 e. The molecule has 0 fully saturated rings. The van der Waals surface area contributed by atoms with Crippen molar-refractivity contribution >= 4 is 25.1 Å². The number of hydrogen-bond donors (Lipinski definition) is 1. The Bertz CT molecular complexity index is 652. The lowest BCUT2D eigenvalue weighted by molar-refractivity contribution is 0.533. The van der Waals surface area contributed by atoms with Crippen molar-refractivity contribution < 1.29 is 0 Å². The summed E-state index contributed by atoms with van der Waals surface area (Å²) in [4.78, 5) is 18.5. The van der Waals surface area contributed by atoms with Gasteiger partial charge in [0.05, 0.1) is 11.5 Å². The highest BCUT2D eigenvalue weighted by atomic mass is 16.1. The molecule has 1 atom stereocenters. The fourth-order valence-electron chi connectivity index (χ4n) is 2.24. The van der Waals surface area contributed by atoms with Crippen LogP contribution in [0.15, 0.2) is 21.9 Å². The Hall–Kier alpha value is -1.90. The number of aliphatic imine (C=N–C) groups is 1. The number of pyridine rings is 1. The normalized spacial score (nSPS) is 20.6. The molecule has 1 heterocycles. The highest BCUT2D eigenvalue weighted by molar-refractivity contribution is 5.65. The monoisotopic (exact) mass is 242 g/mol. The summed E-state index contributed by atoms with van der Waals surface area (Å²) in [6.45, 7) is 9.55. The van der Waals surface area contributed by atoms with E-state index < -0.39 is 0 Å². The Balaban J connectivity index is 2.51. The van der Waals surface area contributed by atoms with Gasteiger partial charge in [-0.1, -0.05) is 19.6 Å². The van der Waals surface area contributed by atoms with Crippen LogP contribution in [0.3, 0.4) is 0 Å². The van der Waals surface area contributed by atoms with Crippen LogP contribution in [-0.2, 0) is 0 Å². The van der Waals surface area contributed by atoms with Gasteiger partial charge in [-0.05, 0) is 48.8 Å². The Morgan fingerprint density at radius 1 is 1.56 bits per heavy atom. The lowest BCUT2D eigenvalue weighted by Gasteiger charge is -2.17.